The van der Waals surface area contributed by atoms with Crippen molar-refractivity contribution in [2.24, 2.45) is 5.90 Å². The van der Waals surface area contributed by atoms with Crippen LogP contribution in [0.25, 0.3) is 0 Å². The molecule has 0 radical (unpaired) electrons. The molecule has 0 aliphatic carbocycles. The number of hydrogen-bond donors (Lipinski definition) is 2. The minimum Gasteiger partial charge on any atom is -0.373 e. The molecule has 0 aromatic carbocycles. The van der Waals surface area contributed by atoms with E-state index < -0.39 is 13.8 Å². The summed E-state index contributed by atoms with van der Waals surface area (Å²) in [5.74, 6) is 4.03. The lowest BCUT2D eigenvalue weighted by Gasteiger charge is -1.91. The lowest BCUT2D eigenvalue weighted by atomic mass is 10.3. The van der Waals surface area contributed by atoms with Crippen LogP contribution in [0.15, 0.2) is 0 Å². The SMILES string of the molecule is NOC(=O)CCC[P+](=O)CO. The summed E-state index contributed by atoms with van der Waals surface area (Å²) in [6, 6.07) is 0. The number of nitrogens with two attached hydrogens (primary N) is 1. The Hall–Kier alpha value is -0.510. The van der Waals surface area contributed by atoms with Crippen molar-refractivity contribution in [3.8, 4) is 0 Å². The van der Waals surface area contributed by atoms with Crippen LogP contribution >= 0.6 is 7.80 Å². The molecule has 0 spiro atoms. The van der Waals surface area contributed by atoms with Crippen molar-refractivity contribution in [2.45, 2.75) is 12.8 Å². The molecule has 0 amide bonds. The van der Waals surface area contributed by atoms with Gasteiger partial charge in [-0.25, -0.2) is 0 Å². The number of carbonyl (C=O) groups is 1. The lowest BCUT2D eigenvalue weighted by Crippen LogP contribution is -2.09. The van der Waals surface area contributed by atoms with E-state index in [0.717, 1.165) is 0 Å². The molecule has 0 aliphatic rings. The Morgan fingerprint density at radius 1 is 1.64 bits per heavy atom. The molecule has 1 atom stereocenters. The van der Waals surface area contributed by atoms with Gasteiger partial charge in [0.2, 0.25) is 6.35 Å². The average Bonchev–Trinajstić information content (AvgIpc) is 2.04. The van der Waals surface area contributed by atoms with Gasteiger partial charge in [0, 0.05) is 6.42 Å². The van der Waals surface area contributed by atoms with Gasteiger partial charge in [-0.3, -0.25) is 4.79 Å². The number of rotatable bonds is 5. The highest BCUT2D eigenvalue weighted by atomic mass is 31.1. The molecule has 11 heavy (non-hydrogen) atoms. The topological polar surface area (TPSA) is 89.6 Å². The summed E-state index contributed by atoms with van der Waals surface area (Å²) < 4.78 is 10.6. The van der Waals surface area contributed by atoms with Gasteiger partial charge in [-0.1, -0.05) is 4.57 Å². The van der Waals surface area contributed by atoms with Crippen molar-refractivity contribution in [1.29, 1.82) is 0 Å². The van der Waals surface area contributed by atoms with Gasteiger partial charge in [0.1, 0.15) is 6.16 Å². The zero-order chi connectivity index (χ0) is 8.69. The summed E-state index contributed by atoms with van der Waals surface area (Å²) in [5.41, 5.74) is 0. The van der Waals surface area contributed by atoms with Crippen LogP contribution < -0.4 is 5.90 Å². The molecule has 6 heteroatoms. The first kappa shape index (κ1) is 10.5. The molecule has 64 valence electrons. The highest BCUT2D eigenvalue weighted by Crippen LogP contribution is 2.19. The third kappa shape index (κ3) is 5.91. The van der Waals surface area contributed by atoms with Crippen LogP contribution in [0.1, 0.15) is 12.8 Å². The maximum Gasteiger partial charge on any atom is 0.366 e. The Balaban J connectivity index is 3.27. The molecular weight excluding hydrogens is 169 g/mol. The van der Waals surface area contributed by atoms with Crippen molar-refractivity contribution >= 4 is 13.8 Å². The highest BCUT2D eigenvalue weighted by molar-refractivity contribution is 7.44. The molecule has 0 aliphatic heterocycles. The molecule has 0 heterocycles. The number of aliphatic hydroxyl groups is 1. The Labute approximate surface area is 65.3 Å². The first-order valence-electron chi connectivity index (χ1n) is 3.13. The first-order valence-corrected chi connectivity index (χ1v) is 4.76. The zero-order valence-corrected chi connectivity index (χ0v) is 6.92. The zero-order valence-electron chi connectivity index (χ0n) is 6.02. The van der Waals surface area contributed by atoms with Gasteiger partial charge in [0.05, 0.1) is 6.42 Å². The second-order valence-electron chi connectivity index (χ2n) is 1.94. The van der Waals surface area contributed by atoms with Crippen LogP contribution in [0.2, 0.25) is 0 Å². The predicted octanol–water partition coefficient (Wildman–Crippen LogP) is -0.0393. The normalized spacial score (nSPS) is 10.9. The number of hydrogen-bond acceptors (Lipinski definition) is 5. The fourth-order valence-corrected chi connectivity index (χ4v) is 1.18. The minimum atomic E-state index is -1.56. The minimum absolute atomic E-state index is 0.150. The molecule has 0 saturated carbocycles. The second kappa shape index (κ2) is 6.22. The molecule has 1 unspecified atom stereocenters. The quantitative estimate of drug-likeness (QED) is 0.457. The summed E-state index contributed by atoms with van der Waals surface area (Å²) in [4.78, 5) is 14.2. The van der Waals surface area contributed by atoms with E-state index in [2.05, 4.69) is 10.7 Å². The molecule has 0 bridgehead atoms. The lowest BCUT2D eigenvalue weighted by molar-refractivity contribution is -0.144. The van der Waals surface area contributed by atoms with Crippen LogP contribution in [-0.2, 0) is 14.2 Å². The predicted molar refractivity (Wildman–Crippen MR) is 39.1 cm³/mol. The molecule has 0 aromatic heterocycles. The van der Waals surface area contributed by atoms with Gasteiger partial charge in [0.15, 0.2) is 0 Å². The van der Waals surface area contributed by atoms with Gasteiger partial charge >= 0.3 is 13.8 Å². The third-order valence-electron chi connectivity index (χ3n) is 1.08. The maximum absolute atomic E-state index is 10.6. The van der Waals surface area contributed by atoms with Gasteiger partial charge in [-0.15, -0.1) is 0 Å². The first-order chi connectivity index (χ1) is 5.20. The van der Waals surface area contributed by atoms with Crippen LogP contribution in [0.3, 0.4) is 0 Å². The van der Waals surface area contributed by atoms with Crippen molar-refractivity contribution in [3.63, 3.8) is 0 Å². The highest BCUT2D eigenvalue weighted by Gasteiger charge is 2.13. The van der Waals surface area contributed by atoms with E-state index in [4.69, 9.17) is 5.11 Å². The molecule has 5 nitrogen and oxygen atoms in total. The summed E-state index contributed by atoms with van der Waals surface area (Å²) in [5, 5.41) is 8.33. The van der Waals surface area contributed by atoms with E-state index in [1.807, 2.05) is 0 Å². The van der Waals surface area contributed by atoms with Gasteiger partial charge in [-0.2, -0.15) is 5.90 Å². The molecule has 0 saturated heterocycles. The van der Waals surface area contributed by atoms with E-state index in [-0.39, 0.29) is 12.8 Å². The fourth-order valence-electron chi connectivity index (χ4n) is 0.529. The summed E-state index contributed by atoms with van der Waals surface area (Å²) in [7, 11) is -1.56. The van der Waals surface area contributed by atoms with E-state index in [0.29, 0.717) is 12.6 Å². The van der Waals surface area contributed by atoms with Crippen LogP contribution in [0.4, 0.5) is 0 Å². The summed E-state index contributed by atoms with van der Waals surface area (Å²) in [6.07, 6.45) is 0.595. The second-order valence-corrected chi connectivity index (χ2v) is 3.63. The Bertz CT molecular complexity index is 133. The maximum atomic E-state index is 10.6. The largest absolute Gasteiger partial charge is 0.373 e. The number of aliphatic hydroxyl groups excluding tert-OH is 1. The molecular formula is C5H11NO4P+. The number of carbonyl (C=O) groups excluding carboxylic acids is 1. The molecule has 0 rings (SSSR count). The Morgan fingerprint density at radius 3 is 2.73 bits per heavy atom. The van der Waals surface area contributed by atoms with Gasteiger partial charge in [0.25, 0.3) is 0 Å². The van der Waals surface area contributed by atoms with Crippen LogP contribution in [0, 0.1) is 0 Å². The third-order valence-corrected chi connectivity index (χ3v) is 2.21. The van der Waals surface area contributed by atoms with Gasteiger partial charge in [-0.05, 0) is 0 Å². The van der Waals surface area contributed by atoms with E-state index in [9.17, 15) is 9.36 Å². The van der Waals surface area contributed by atoms with E-state index in [1.165, 1.54) is 0 Å². The summed E-state index contributed by atoms with van der Waals surface area (Å²) in [6.45, 7) is 0. The Kier molecular flexibility index (Phi) is 5.93. The van der Waals surface area contributed by atoms with Crippen molar-refractivity contribution in [3.05, 3.63) is 0 Å². The van der Waals surface area contributed by atoms with Crippen molar-refractivity contribution in [1.82, 2.24) is 0 Å². The van der Waals surface area contributed by atoms with Crippen LogP contribution in [0.5, 0.6) is 0 Å². The van der Waals surface area contributed by atoms with Crippen molar-refractivity contribution in [2.75, 3.05) is 12.5 Å². The van der Waals surface area contributed by atoms with E-state index in [1.54, 1.807) is 0 Å². The molecule has 0 aromatic rings. The standard InChI is InChI=1S/C5H11NO4P/c6-10-5(8)2-1-3-11(9)4-7/h7H,1-4,6H2/q+1. The van der Waals surface area contributed by atoms with Crippen LogP contribution in [-0.4, -0.2) is 23.6 Å². The summed E-state index contributed by atoms with van der Waals surface area (Å²) >= 11 is 0. The Morgan fingerprint density at radius 2 is 2.27 bits per heavy atom. The van der Waals surface area contributed by atoms with Crippen molar-refractivity contribution < 1.29 is 19.3 Å². The molecule has 0 fully saturated rings. The van der Waals surface area contributed by atoms with Gasteiger partial charge < -0.3 is 9.94 Å². The van der Waals surface area contributed by atoms with E-state index >= 15 is 0 Å². The monoisotopic (exact) mass is 180 g/mol. The smallest absolute Gasteiger partial charge is 0.366 e. The fraction of sp³-hybridized carbons (Fsp3) is 0.800. The average molecular weight is 180 g/mol. The molecule has 3 N–H and O–H groups in total.